The number of hydrogen-bond donors (Lipinski definition) is 3. The lowest BCUT2D eigenvalue weighted by Gasteiger charge is -2.21. The van der Waals surface area contributed by atoms with E-state index in [2.05, 4.69) is 15.8 Å². The minimum atomic E-state index is -1.34. The monoisotopic (exact) mass is 541 g/mol. The molecule has 3 N–H and O–H groups in total. The minimum absolute atomic E-state index is 0.0997. The number of aliphatic carboxylic acids is 1. The van der Waals surface area contributed by atoms with E-state index in [0.717, 1.165) is 27.8 Å². The van der Waals surface area contributed by atoms with Crippen molar-refractivity contribution in [3.05, 3.63) is 107 Å². The maximum atomic E-state index is 12.7. The van der Waals surface area contributed by atoms with Crippen molar-refractivity contribution in [1.29, 1.82) is 0 Å². The third-order valence-electron chi connectivity index (χ3n) is 6.69. The summed E-state index contributed by atoms with van der Waals surface area (Å²) in [4.78, 5) is 37.0. The molecule has 10 nitrogen and oxygen atoms in total. The van der Waals surface area contributed by atoms with E-state index >= 15 is 0 Å². The fourth-order valence-electron chi connectivity index (χ4n) is 4.67. The smallest absolute Gasteiger partial charge is 0.414 e. The van der Waals surface area contributed by atoms with Gasteiger partial charge in [0.15, 0.2) is 11.7 Å². The van der Waals surface area contributed by atoms with Crippen molar-refractivity contribution in [2.24, 2.45) is 0 Å². The zero-order valence-corrected chi connectivity index (χ0v) is 21.6. The number of nitrogens with zero attached hydrogens (tertiary/aromatic N) is 1. The SMILES string of the molecule is C[C@@H](OCc1ccccc1)[C@H](NC(=O)c1cc(NC(=O)OCC2c3ccccc3-c3ccccc32)on1)C(=O)O. The zero-order valence-electron chi connectivity index (χ0n) is 21.6. The Bertz CT molecular complexity index is 1470. The van der Waals surface area contributed by atoms with E-state index in [4.69, 9.17) is 14.0 Å². The molecule has 3 aromatic carbocycles. The molecular weight excluding hydrogens is 514 g/mol. The first-order valence-corrected chi connectivity index (χ1v) is 12.7. The van der Waals surface area contributed by atoms with Crippen LogP contribution >= 0.6 is 0 Å². The van der Waals surface area contributed by atoms with Crippen LogP contribution < -0.4 is 10.6 Å². The van der Waals surface area contributed by atoms with Gasteiger partial charge in [0.2, 0.25) is 5.88 Å². The Kier molecular flexibility index (Phi) is 7.88. The van der Waals surface area contributed by atoms with Crippen LogP contribution in [-0.4, -0.2) is 47.0 Å². The van der Waals surface area contributed by atoms with E-state index in [9.17, 15) is 19.5 Å². The summed E-state index contributed by atoms with van der Waals surface area (Å²) in [5.74, 6) is -2.31. The molecule has 1 heterocycles. The number of carboxylic acid groups (broad SMARTS) is 1. The Morgan fingerprint density at radius 1 is 0.950 bits per heavy atom. The van der Waals surface area contributed by atoms with Crippen LogP contribution in [0.5, 0.6) is 0 Å². The summed E-state index contributed by atoms with van der Waals surface area (Å²) < 4.78 is 16.2. The van der Waals surface area contributed by atoms with E-state index in [1.54, 1.807) is 6.92 Å². The summed E-state index contributed by atoms with van der Waals surface area (Å²) in [6.07, 6.45) is -1.62. The molecule has 10 heteroatoms. The molecule has 0 spiro atoms. The van der Waals surface area contributed by atoms with Gasteiger partial charge in [-0.15, -0.1) is 0 Å². The number of ether oxygens (including phenoxy) is 2. The van der Waals surface area contributed by atoms with Crippen molar-refractivity contribution >= 4 is 23.9 Å². The summed E-state index contributed by atoms with van der Waals surface area (Å²) in [6, 6.07) is 25.1. The quantitative estimate of drug-likeness (QED) is 0.260. The lowest BCUT2D eigenvalue weighted by atomic mass is 9.98. The molecule has 0 saturated heterocycles. The van der Waals surface area contributed by atoms with Crippen LogP contribution in [0.3, 0.4) is 0 Å². The summed E-state index contributed by atoms with van der Waals surface area (Å²) in [5.41, 5.74) is 5.02. The molecule has 0 saturated carbocycles. The van der Waals surface area contributed by atoms with Gasteiger partial charge in [0.05, 0.1) is 12.7 Å². The summed E-state index contributed by atoms with van der Waals surface area (Å²) in [7, 11) is 0. The van der Waals surface area contributed by atoms with Crippen molar-refractivity contribution < 1.29 is 33.5 Å². The van der Waals surface area contributed by atoms with Crippen LogP contribution in [-0.2, 0) is 20.9 Å². The number of carboxylic acids is 1. The Balaban J connectivity index is 1.16. The van der Waals surface area contributed by atoms with Crippen molar-refractivity contribution in [1.82, 2.24) is 10.5 Å². The predicted molar refractivity (Wildman–Crippen MR) is 145 cm³/mol. The van der Waals surface area contributed by atoms with Crippen molar-refractivity contribution in [2.45, 2.75) is 31.6 Å². The van der Waals surface area contributed by atoms with Gasteiger partial charge in [0, 0.05) is 12.0 Å². The van der Waals surface area contributed by atoms with Crippen LogP contribution in [0.1, 0.15) is 40.0 Å². The second-order valence-corrected chi connectivity index (χ2v) is 9.32. The average molecular weight is 542 g/mol. The number of carbonyl (C=O) groups is 3. The van der Waals surface area contributed by atoms with Gasteiger partial charge in [-0.05, 0) is 34.7 Å². The van der Waals surface area contributed by atoms with Gasteiger partial charge in [0.25, 0.3) is 5.91 Å². The Labute approximate surface area is 229 Å². The van der Waals surface area contributed by atoms with Crippen LogP contribution in [0, 0.1) is 0 Å². The lowest BCUT2D eigenvalue weighted by molar-refractivity contribution is -0.143. The standard InChI is InChI=1S/C30H27N3O7/c1-18(38-16-19-9-3-2-4-10-19)27(29(35)36)32-28(34)25-15-26(40-33-25)31-30(37)39-17-24-22-13-7-5-11-20(22)21-12-6-8-14-23(21)24/h2-15,18,24,27H,16-17H2,1H3,(H,31,37)(H,32,34)(H,35,36)/t18-,27+/m1/s1. The molecular formula is C30H27N3O7. The first-order valence-electron chi connectivity index (χ1n) is 12.7. The molecule has 5 rings (SSSR count). The maximum Gasteiger partial charge on any atom is 0.414 e. The number of amides is 2. The first-order chi connectivity index (χ1) is 19.4. The molecule has 0 aliphatic heterocycles. The van der Waals surface area contributed by atoms with Gasteiger partial charge < -0.3 is 24.4 Å². The molecule has 1 aliphatic rings. The summed E-state index contributed by atoms with van der Waals surface area (Å²) >= 11 is 0. The predicted octanol–water partition coefficient (Wildman–Crippen LogP) is 4.82. The van der Waals surface area contributed by atoms with Crippen LogP contribution in [0.2, 0.25) is 0 Å². The highest BCUT2D eigenvalue weighted by Crippen LogP contribution is 2.44. The third kappa shape index (κ3) is 5.87. The molecule has 1 aliphatic carbocycles. The number of aromatic nitrogens is 1. The molecule has 2 atom stereocenters. The Hall–Kier alpha value is -4.96. The van der Waals surface area contributed by atoms with Gasteiger partial charge in [-0.3, -0.25) is 10.1 Å². The Morgan fingerprint density at radius 3 is 2.23 bits per heavy atom. The molecule has 0 radical (unpaired) electrons. The molecule has 4 aromatic rings. The van der Waals surface area contributed by atoms with E-state index in [-0.39, 0.29) is 30.7 Å². The second kappa shape index (κ2) is 11.8. The van der Waals surface area contributed by atoms with Gasteiger partial charge in [-0.1, -0.05) is 84.0 Å². The van der Waals surface area contributed by atoms with E-state index in [1.165, 1.54) is 6.07 Å². The van der Waals surface area contributed by atoms with Crippen LogP contribution in [0.15, 0.2) is 89.5 Å². The Morgan fingerprint density at radius 2 is 1.57 bits per heavy atom. The number of nitrogens with one attached hydrogen (secondary N) is 2. The number of hydrogen-bond acceptors (Lipinski definition) is 7. The molecule has 0 fully saturated rings. The van der Waals surface area contributed by atoms with Gasteiger partial charge in [-0.25, -0.2) is 9.59 Å². The van der Waals surface area contributed by atoms with E-state index in [0.29, 0.717) is 0 Å². The molecule has 0 bridgehead atoms. The number of fused-ring (bicyclic) bond motifs is 3. The maximum absolute atomic E-state index is 12.7. The van der Waals surface area contributed by atoms with Crippen LogP contribution in [0.25, 0.3) is 11.1 Å². The summed E-state index contributed by atoms with van der Waals surface area (Å²) in [6.45, 7) is 1.83. The fourth-order valence-corrected chi connectivity index (χ4v) is 4.67. The van der Waals surface area contributed by atoms with Gasteiger partial charge >= 0.3 is 12.1 Å². The number of anilines is 1. The largest absolute Gasteiger partial charge is 0.480 e. The highest BCUT2D eigenvalue weighted by molar-refractivity contribution is 5.96. The first kappa shape index (κ1) is 26.6. The van der Waals surface area contributed by atoms with E-state index < -0.39 is 30.1 Å². The average Bonchev–Trinajstić information content (AvgIpc) is 3.56. The molecule has 1 aromatic heterocycles. The number of benzene rings is 3. The highest BCUT2D eigenvalue weighted by Gasteiger charge is 2.30. The van der Waals surface area contributed by atoms with Gasteiger partial charge in [-0.2, -0.15) is 0 Å². The number of rotatable bonds is 10. The minimum Gasteiger partial charge on any atom is -0.480 e. The molecule has 2 amide bonds. The number of carbonyl (C=O) groups excluding carboxylic acids is 2. The fraction of sp³-hybridized carbons (Fsp3) is 0.200. The van der Waals surface area contributed by atoms with Gasteiger partial charge in [0.1, 0.15) is 6.61 Å². The van der Waals surface area contributed by atoms with E-state index in [1.807, 2.05) is 78.9 Å². The van der Waals surface area contributed by atoms with Crippen molar-refractivity contribution in [2.75, 3.05) is 11.9 Å². The second-order valence-electron chi connectivity index (χ2n) is 9.32. The lowest BCUT2D eigenvalue weighted by Crippen LogP contribution is -2.48. The normalized spacial score (nSPS) is 13.5. The third-order valence-corrected chi connectivity index (χ3v) is 6.69. The van der Waals surface area contributed by atoms with Crippen LogP contribution in [0.4, 0.5) is 10.7 Å². The molecule has 0 unspecified atom stereocenters. The summed E-state index contributed by atoms with van der Waals surface area (Å²) in [5, 5.41) is 18.1. The topological polar surface area (TPSA) is 140 Å². The highest BCUT2D eigenvalue weighted by atomic mass is 16.6. The van der Waals surface area contributed by atoms with Crippen molar-refractivity contribution in [3.8, 4) is 11.1 Å². The zero-order chi connectivity index (χ0) is 28.1. The molecule has 40 heavy (non-hydrogen) atoms. The molecule has 204 valence electrons. The van der Waals surface area contributed by atoms with Crippen molar-refractivity contribution in [3.63, 3.8) is 0 Å².